The van der Waals surface area contributed by atoms with Crippen LogP contribution >= 0.6 is 0 Å². The molecule has 0 heterocycles. The van der Waals surface area contributed by atoms with Crippen molar-refractivity contribution >= 4 is 23.6 Å². The van der Waals surface area contributed by atoms with Gasteiger partial charge in [0.1, 0.15) is 6.04 Å². The van der Waals surface area contributed by atoms with E-state index >= 15 is 0 Å². The number of non-ortho nitro benzene ring substituents is 1. The van der Waals surface area contributed by atoms with Crippen LogP contribution in [0.5, 0.6) is 0 Å². The number of carbonyl (C=O) groups is 2. The van der Waals surface area contributed by atoms with Crippen LogP contribution in [0.4, 0.5) is 5.69 Å². The van der Waals surface area contributed by atoms with Crippen LogP contribution < -0.4 is 10.6 Å². The van der Waals surface area contributed by atoms with Crippen LogP contribution in [-0.2, 0) is 9.59 Å². The average molecular weight is 305 g/mol. The Morgan fingerprint density at radius 3 is 2.77 bits per heavy atom. The van der Waals surface area contributed by atoms with Crippen LogP contribution in [0.2, 0.25) is 0 Å². The molecule has 118 valence electrons. The van der Waals surface area contributed by atoms with Crippen molar-refractivity contribution < 1.29 is 14.5 Å². The molecular formula is C15H19N3O4. The van der Waals surface area contributed by atoms with Gasteiger partial charge in [-0.1, -0.05) is 19.1 Å². The summed E-state index contributed by atoms with van der Waals surface area (Å²) >= 11 is 0. The van der Waals surface area contributed by atoms with Crippen molar-refractivity contribution in [1.82, 2.24) is 10.6 Å². The van der Waals surface area contributed by atoms with E-state index in [1.165, 1.54) is 30.4 Å². The van der Waals surface area contributed by atoms with E-state index in [-0.39, 0.29) is 11.6 Å². The lowest BCUT2D eigenvalue weighted by Gasteiger charge is -2.12. The topological polar surface area (TPSA) is 101 Å². The van der Waals surface area contributed by atoms with Crippen molar-refractivity contribution in [3.8, 4) is 0 Å². The molecule has 0 radical (unpaired) electrons. The molecule has 1 atom stereocenters. The largest absolute Gasteiger partial charge is 0.354 e. The first kappa shape index (κ1) is 17.4. The highest BCUT2D eigenvalue weighted by molar-refractivity contribution is 5.95. The van der Waals surface area contributed by atoms with Crippen LogP contribution in [0.3, 0.4) is 0 Å². The van der Waals surface area contributed by atoms with E-state index < -0.39 is 16.9 Å². The van der Waals surface area contributed by atoms with E-state index in [2.05, 4.69) is 10.6 Å². The summed E-state index contributed by atoms with van der Waals surface area (Å²) in [6.07, 6.45) is 3.51. The summed E-state index contributed by atoms with van der Waals surface area (Å²) in [4.78, 5) is 33.5. The molecule has 0 saturated heterocycles. The van der Waals surface area contributed by atoms with Gasteiger partial charge in [0.15, 0.2) is 0 Å². The molecule has 0 aliphatic carbocycles. The zero-order chi connectivity index (χ0) is 16.5. The predicted molar refractivity (Wildman–Crippen MR) is 83.0 cm³/mol. The molecule has 0 bridgehead atoms. The number of rotatable bonds is 7. The summed E-state index contributed by atoms with van der Waals surface area (Å²) in [7, 11) is 0. The first-order chi connectivity index (χ1) is 10.4. The number of nitro groups is 1. The molecule has 2 amide bonds. The van der Waals surface area contributed by atoms with Crippen LogP contribution in [0.25, 0.3) is 6.08 Å². The fourth-order valence-corrected chi connectivity index (χ4v) is 1.64. The minimum absolute atomic E-state index is 0.0464. The standard InChI is InChI=1S/C15H19N3O4/c1-3-9-16-15(20)11(2)17-14(19)8-7-12-5-4-6-13(10-12)18(21)22/h4-8,10-11H,3,9H2,1-2H3,(H,16,20)(H,17,19)/b8-7+/t11-/m1/s1. The molecule has 0 aliphatic rings. The van der Waals surface area contributed by atoms with E-state index in [1.807, 2.05) is 6.92 Å². The van der Waals surface area contributed by atoms with E-state index in [1.54, 1.807) is 13.0 Å². The van der Waals surface area contributed by atoms with Crippen molar-refractivity contribution in [2.75, 3.05) is 6.54 Å². The molecule has 7 heteroatoms. The molecule has 0 saturated carbocycles. The predicted octanol–water partition coefficient (Wildman–Crippen LogP) is 1.64. The molecule has 7 nitrogen and oxygen atoms in total. The molecule has 22 heavy (non-hydrogen) atoms. The molecular weight excluding hydrogens is 286 g/mol. The van der Waals surface area contributed by atoms with Gasteiger partial charge in [0.25, 0.3) is 5.69 Å². The average Bonchev–Trinajstić information content (AvgIpc) is 2.50. The summed E-state index contributed by atoms with van der Waals surface area (Å²) in [5.74, 6) is -0.690. The zero-order valence-electron chi connectivity index (χ0n) is 12.5. The van der Waals surface area contributed by atoms with Gasteiger partial charge in [0.2, 0.25) is 11.8 Å². The number of hydrogen-bond donors (Lipinski definition) is 2. The van der Waals surface area contributed by atoms with Gasteiger partial charge >= 0.3 is 0 Å². The van der Waals surface area contributed by atoms with Crippen molar-refractivity contribution in [2.45, 2.75) is 26.3 Å². The lowest BCUT2D eigenvalue weighted by molar-refractivity contribution is -0.384. The van der Waals surface area contributed by atoms with Crippen molar-refractivity contribution in [2.24, 2.45) is 0 Å². The molecule has 0 fully saturated rings. The van der Waals surface area contributed by atoms with Crippen molar-refractivity contribution in [3.05, 3.63) is 46.0 Å². The highest BCUT2D eigenvalue weighted by Gasteiger charge is 2.13. The Morgan fingerprint density at radius 1 is 1.41 bits per heavy atom. The maximum Gasteiger partial charge on any atom is 0.270 e. The molecule has 0 aromatic heterocycles. The normalized spacial score (nSPS) is 11.9. The molecule has 0 aliphatic heterocycles. The number of nitro benzene ring substituents is 1. The Hall–Kier alpha value is -2.70. The number of hydrogen-bond acceptors (Lipinski definition) is 4. The maximum absolute atomic E-state index is 11.7. The van der Waals surface area contributed by atoms with Crippen LogP contribution in [0.15, 0.2) is 30.3 Å². The molecule has 0 spiro atoms. The molecule has 2 N–H and O–H groups in total. The maximum atomic E-state index is 11.7. The highest BCUT2D eigenvalue weighted by atomic mass is 16.6. The Balaban J connectivity index is 2.59. The molecule has 1 rings (SSSR count). The van der Waals surface area contributed by atoms with Crippen molar-refractivity contribution in [3.63, 3.8) is 0 Å². The summed E-state index contributed by atoms with van der Waals surface area (Å²) < 4.78 is 0. The van der Waals surface area contributed by atoms with Gasteiger partial charge < -0.3 is 10.6 Å². The third-order valence-corrected chi connectivity index (χ3v) is 2.81. The SMILES string of the molecule is CCCNC(=O)[C@@H](C)NC(=O)/C=C/c1cccc([N+](=O)[O-])c1. The highest BCUT2D eigenvalue weighted by Crippen LogP contribution is 2.13. The van der Waals surface area contributed by atoms with E-state index in [4.69, 9.17) is 0 Å². The first-order valence-corrected chi connectivity index (χ1v) is 6.94. The second-order valence-electron chi connectivity index (χ2n) is 4.71. The number of carbonyl (C=O) groups excluding carboxylic acids is 2. The summed E-state index contributed by atoms with van der Waals surface area (Å²) in [5.41, 5.74) is 0.488. The van der Waals surface area contributed by atoms with Gasteiger partial charge in [-0.05, 0) is 25.0 Å². The molecule has 1 aromatic rings. The number of nitrogens with zero attached hydrogens (tertiary/aromatic N) is 1. The van der Waals surface area contributed by atoms with Crippen molar-refractivity contribution in [1.29, 1.82) is 0 Å². The second kappa shape index (κ2) is 8.56. The number of benzene rings is 1. The number of amides is 2. The monoisotopic (exact) mass is 305 g/mol. The van der Waals surface area contributed by atoms with Gasteiger partial charge in [-0.15, -0.1) is 0 Å². The lowest BCUT2D eigenvalue weighted by Crippen LogP contribution is -2.44. The summed E-state index contributed by atoms with van der Waals surface area (Å²) in [6.45, 7) is 4.08. The summed E-state index contributed by atoms with van der Waals surface area (Å²) in [6, 6.07) is 5.28. The Labute approximate surface area is 128 Å². The van der Waals surface area contributed by atoms with E-state index in [0.717, 1.165) is 6.42 Å². The fourth-order valence-electron chi connectivity index (χ4n) is 1.64. The van der Waals surface area contributed by atoms with Gasteiger partial charge in [0, 0.05) is 24.8 Å². The van der Waals surface area contributed by atoms with E-state index in [0.29, 0.717) is 12.1 Å². The second-order valence-corrected chi connectivity index (χ2v) is 4.71. The third-order valence-electron chi connectivity index (χ3n) is 2.81. The van der Waals surface area contributed by atoms with Crippen LogP contribution in [-0.4, -0.2) is 29.3 Å². The quantitative estimate of drug-likeness (QED) is 0.454. The fraction of sp³-hybridized carbons (Fsp3) is 0.333. The van der Waals surface area contributed by atoms with Gasteiger partial charge in [0.05, 0.1) is 4.92 Å². The summed E-state index contributed by atoms with van der Waals surface area (Å²) in [5, 5.41) is 15.9. The third kappa shape index (κ3) is 5.74. The number of nitrogens with one attached hydrogen (secondary N) is 2. The van der Waals surface area contributed by atoms with Crippen LogP contribution in [0.1, 0.15) is 25.8 Å². The Kier molecular flexibility index (Phi) is 6.75. The minimum atomic E-state index is -0.645. The van der Waals surface area contributed by atoms with Crippen LogP contribution in [0, 0.1) is 10.1 Å². The molecule has 0 unspecified atom stereocenters. The van der Waals surface area contributed by atoms with E-state index in [9.17, 15) is 19.7 Å². The Morgan fingerprint density at radius 2 is 2.14 bits per heavy atom. The smallest absolute Gasteiger partial charge is 0.270 e. The zero-order valence-corrected chi connectivity index (χ0v) is 12.5. The van der Waals surface area contributed by atoms with Gasteiger partial charge in [-0.2, -0.15) is 0 Å². The molecule has 1 aromatic carbocycles. The lowest BCUT2D eigenvalue weighted by atomic mass is 10.2. The first-order valence-electron chi connectivity index (χ1n) is 6.94. The van der Waals surface area contributed by atoms with Gasteiger partial charge in [-0.3, -0.25) is 19.7 Å². The Bertz CT molecular complexity index is 584. The minimum Gasteiger partial charge on any atom is -0.354 e. The van der Waals surface area contributed by atoms with Gasteiger partial charge in [-0.25, -0.2) is 0 Å².